The van der Waals surface area contributed by atoms with Gasteiger partial charge < -0.3 is 9.47 Å². The van der Waals surface area contributed by atoms with E-state index in [1.807, 2.05) is 14.2 Å². The number of hydrogen-bond acceptors (Lipinski definition) is 2. The molecule has 3 atom stereocenters. The van der Waals surface area contributed by atoms with Crippen molar-refractivity contribution >= 4 is 0 Å². The first-order valence-corrected chi connectivity index (χ1v) is 7.06. The van der Waals surface area contributed by atoms with Gasteiger partial charge in [-0.25, -0.2) is 0 Å². The summed E-state index contributed by atoms with van der Waals surface area (Å²) < 4.78 is 11.4. The number of ether oxygens (including phenoxy) is 2. The Morgan fingerprint density at radius 3 is 1.71 bits per heavy atom. The van der Waals surface area contributed by atoms with Gasteiger partial charge in [0.25, 0.3) is 0 Å². The average molecular weight is 244 g/mol. The molecule has 0 aliphatic rings. The molecule has 0 spiro atoms. The minimum Gasteiger partial charge on any atom is -0.381 e. The maximum atomic E-state index is 5.68. The van der Waals surface area contributed by atoms with Gasteiger partial charge in [-0.15, -0.1) is 0 Å². The highest BCUT2D eigenvalue weighted by Crippen LogP contribution is 2.44. The number of methoxy groups -OCH3 is 2. The van der Waals surface area contributed by atoms with E-state index in [1.54, 1.807) is 0 Å². The predicted octanol–water partition coefficient (Wildman–Crippen LogP) is 4.28. The van der Waals surface area contributed by atoms with E-state index in [0.29, 0.717) is 5.92 Å². The molecule has 0 saturated heterocycles. The molecule has 3 unspecified atom stereocenters. The van der Waals surface area contributed by atoms with Crippen LogP contribution >= 0.6 is 0 Å². The predicted molar refractivity (Wildman–Crippen MR) is 74.4 cm³/mol. The summed E-state index contributed by atoms with van der Waals surface area (Å²) in [6.45, 7) is 11.2. The zero-order valence-electron chi connectivity index (χ0n) is 12.9. The molecule has 0 aromatic carbocycles. The summed E-state index contributed by atoms with van der Waals surface area (Å²) in [5.74, 6) is 0.610. The lowest BCUT2D eigenvalue weighted by Crippen LogP contribution is -2.49. The summed E-state index contributed by atoms with van der Waals surface area (Å²) in [6, 6.07) is 0. The van der Waals surface area contributed by atoms with Crippen molar-refractivity contribution in [1.82, 2.24) is 0 Å². The maximum Gasteiger partial charge on any atom is 0.0626 e. The van der Waals surface area contributed by atoms with Gasteiger partial charge in [-0.05, 0) is 26.2 Å². The van der Waals surface area contributed by atoms with Gasteiger partial charge in [0.15, 0.2) is 0 Å². The molecular weight excluding hydrogens is 212 g/mol. The Labute approximate surface area is 108 Å². The first-order chi connectivity index (χ1) is 8.00. The topological polar surface area (TPSA) is 18.5 Å². The molecule has 2 heteroatoms. The fraction of sp³-hybridized carbons (Fsp3) is 1.00. The normalized spacial score (nSPS) is 20.6. The highest BCUT2D eigenvalue weighted by atomic mass is 16.5. The van der Waals surface area contributed by atoms with E-state index in [0.717, 1.165) is 0 Å². The standard InChI is InChI=1S/C15H32O2/c1-8-10-11-15(12(3)9-2,13(4)16-6)14(5)17-7/h12-14H,8-11H2,1-7H3. The lowest BCUT2D eigenvalue weighted by Gasteiger charge is -2.47. The third-order valence-corrected chi connectivity index (χ3v) is 4.71. The molecule has 104 valence electrons. The van der Waals surface area contributed by atoms with E-state index >= 15 is 0 Å². The van der Waals surface area contributed by atoms with Crippen LogP contribution in [0.2, 0.25) is 0 Å². The molecular formula is C15H32O2. The summed E-state index contributed by atoms with van der Waals surface area (Å²) in [5.41, 5.74) is 0.133. The van der Waals surface area contributed by atoms with Gasteiger partial charge in [0.2, 0.25) is 0 Å². The molecule has 17 heavy (non-hydrogen) atoms. The Bertz CT molecular complexity index is 165. The van der Waals surface area contributed by atoms with Crippen molar-refractivity contribution in [3.63, 3.8) is 0 Å². The maximum absolute atomic E-state index is 5.68. The summed E-state index contributed by atoms with van der Waals surface area (Å²) in [4.78, 5) is 0. The largest absolute Gasteiger partial charge is 0.381 e. The molecule has 0 rings (SSSR count). The molecule has 0 aromatic heterocycles. The lowest BCUT2D eigenvalue weighted by molar-refractivity contribution is -0.124. The van der Waals surface area contributed by atoms with Crippen molar-refractivity contribution in [3.8, 4) is 0 Å². The number of rotatable bonds is 9. The van der Waals surface area contributed by atoms with Gasteiger partial charge in [0.05, 0.1) is 12.2 Å². The van der Waals surface area contributed by atoms with Crippen molar-refractivity contribution in [2.24, 2.45) is 11.3 Å². The first-order valence-electron chi connectivity index (χ1n) is 7.06. The molecule has 0 fully saturated rings. The summed E-state index contributed by atoms with van der Waals surface area (Å²) in [7, 11) is 3.63. The van der Waals surface area contributed by atoms with Crippen molar-refractivity contribution in [2.45, 2.75) is 72.5 Å². The fourth-order valence-corrected chi connectivity index (χ4v) is 3.09. The van der Waals surface area contributed by atoms with Crippen LogP contribution in [0.5, 0.6) is 0 Å². The highest BCUT2D eigenvalue weighted by molar-refractivity contribution is 4.94. The number of unbranched alkanes of at least 4 members (excludes halogenated alkanes) is 1. The molecule has 0 aromatic rings. The molecule has 0 saturated carbocycles. The Balaban J connectivity index is 5.19. The van der Waals surface area contributed by atoms with Crippen LogP contribution in [0.1, 0.15) is 60.3 Å². The lowest BCUT2D eigenvalue weighted by atomic mass is 9.64. The van der Waals surface area contributed by atoms with Crippen LogP contribution in [-0.4, -0.2) is 26.4 Å². The van der Waals surface area contributed by atoms with Crippen LogP contribution in [0.15, 0.2) is 0 Å². The Morgan fingerprint density at radius 1 is 0.941 bits per heavy atom. The quantitative estimate of drug-likeness (QED) is 0.603. The van der Waals surface area contributed by atoms with Crippen LogP contribution in [0.3, 0.4) is 0 Å². The molecule has 0 aliphatic heterocycles. The van der Waals surface area contributed by atoms with Gasteiger partial charge in [0.1, 0.15) is 0 Å². The average Bonchev–Trinajstić information content (AvgIpc) is 2.37. The molecule has 0 aliphatic carbocycles. The van der Waals surface area contributed by atoms with Crippen LogP contribution in [0.25, 0.3) is 0 Å². The Hall–Kier alpha value is -0.0800. The van der Waals surface area contributed by atoms with Crippen LogP contribution in [0.4, 0.5) is 0 Å². The minimum atomic E-state index is 0.133. The third-order valence-electron chi connectivity index (χ3n) is 4.71. The zero-order chi connectivity index (χ0) is 13.5. The van der Waals surface area contributed by atoms with Gasteiger partial charge in [0, 0.05) is 19.6 Å². The third kappa shape index (κ3) is 3.69. The van der Waals surface area contributed by atoms with Crippen molar-refractivity contribution in [1.29, 1.82) is 0 Å². The zero-order valence-corrected chi connectivity index (χ0v) is 12.9. The van der Waals surface area contributed by atoms with Crippen molar-refractivity contribution in [3.05, 3.63) is 0 Å². The SMILES string of the molecule is CCCCC(C(C)CC)(C(C)OC)C(C)OC. The smallest absolute Gasteiger partial charge is 0.0626 e. The minimum absolute atomic E-state index is 0.133. The molecule has 0 bridgehead atoms. The Kier molecular flexibility index (Phi) is 8.06. The highest BCUT2D eigenvalue weighted by Gasteiger charge is 2.45. The van der Waals surface area contributed by atoms with E-state index in [9.17, 15) is 0 Å². The second-order valence-corrected chi connectivity index (χ2v) is 5.28. The van der Waals surface area contributed by atoms with E-state index in [2.05, 4.69) is 34.6 Å². The van der Waals surface area contributed by atoms with Gasteiger partial charge in [-0.3, -0.25) is 0 Å². The molecule has 0 radical (unpaired) electrons. The first kappa shape index (κ1) is 16.9. The van der Waals surface area contributed by atoms with Gasteiger partial charge >= 0.3 is 0 Å². The summed E-state index contributed by atoms with van der Waals surface area (Å²) in [6.07, 6.45) is 5.29. The fourth-order valence-electron chi connectivity index (χ4n) is 3.09. The van der Waals surface area contributed by atoms with Gasteiger partial charge in [-0.2, -0.15) is 0 Å². The van der Waals surface area contributed by atoms with Crippen molar-refractivity contribution < 1.29 is 9.47 Å². The van der Waals surface area contributed by atoms with E-state index in [4.69, 9.17) is 9.47 Å². The molecule has 0 amide bonds. The molecule has 0 heterocycles. The monoisotopic (exact) mass is 244 g/mol. The van der Waals surface area contributed by atoms with Crippen molar-refractivity contribution in [2.75, 3.05) is 14.2 Å². The second-order valence-electron chi connectivity index (χ2n) is 5.28. The Morgan fingerprint density at radius 2 is 1.41 bits per heavy atom. The summed E-state index contributed by atoms with van der Waals surface area (Å²) >= 11 is 0. The summed E-state index contributed by atoms with van der Waals surface area (Å²) in [5, 5.41) is 0. The molecule has 0 N–H and O–H groups in total. The van der Waals surface area contributed by atoms with E-state index in [-0.39, 0.29) is 17.6 Å². The van der Waals surface area contributed by atoms with Crippen LogP contribution in [-0.2, 0) is 9.47 Å². The molecule has 2 nitrogen and oxygen atoms in total. The van der Waals surface area contributed by atoms with E-state index in [1.165, 1.54) is 25.7 Å². The van der Waals surface area contributed by atoms with Crippen LogP contribution < -0.4 is 0 Å². The second kappa shape index (κ2) is 8.10. The van der Waals surface area contributed by atoms with Gasteiger partial charge in [-0.1, -0.05) is 40.0 Å². The van der Waals surface area contributed by atoms with E-state index < -0.39 is 0 Å². The number of hydrogen-bond donors (Lipinski definition) is 0. The van der Waals surface area contributed by atoms with Crippen LogP contribution in [0, 0.1) is 11.3 Å².